The van der Waals surface area contributed by atoms with Gasteiger partial charge in [-0.05, 0) is 24.1 Å². The summed E-state index contributed by atoms with van der Waals surface area (Å²) in [5.74, 6) is 0.606. The van der Waals surface area contributed by atoms with E-state index in [1.165, 1.54) is 18.0 Å². The first-order chi connectivity index (χ1) is 12.1. The summed E-state index contributed by atoms with van der Waals surface area (Å²) in [7, 11) is 0. The number of rotatable bonds is 3. The summed E-state index contributed by atoms with van der Waals surface area (Å²) in [6.45, 7) is 2.04. The van der Waals surface area contributed by atoms with Crippen LogP contribution in [-0.2, 0) is 0 Å². The number of hydrogen-bond donors (Lipinski definition) is 1. The monoisotopic (exact) mass is 333 g/mol. The van der Waals surface area contributed by atoms with Crippen LogP contribution in [0.5, 0.6) is 0 Å². The molecule has 1 aliphatic rings. The van der Waals surface area contributed by atoms with Crippen LogP contribution >= 0.6 is 0 Å². The molecule has 124 valence electrons. The van der Waals surface area contributed by atoms with Crippen molar-refractivity contribution in [3.05, 3.63) is 87.7 Å². The number of nitro benzene ring substituents is 1. The van der Waals surface area contributed by atoms with E-state index >= 15 is 0 Å². The molecule has 2 heterocycles. The van der Waals surface area contributed by atoms with Gasteiger partial charge in [0.05, 0.1) is 4.92 Å². The average Bonchev–Trinajstić information content (AvgIpc) is 3.10. The van der Waals surface area contributed by atoms with Gasteiger partial charge < -0.3 is 5.32 Å². The van der Waals surface area contributed by atoms with Crippen molar-refractivity contribution in [2.24, 2.45) is 0 Å². The van der Waals surface area contributed by atoms with E-state index < -0.39 is 4.92 Å². The normalized spacial score (nSPS) is 15.9. The smallest absolute Gasteiger partial charge is 0.269 e. The third-order valence-electron chi connectivity index (χ3n) is 4.19. The minimum atomic E-state index is -0.391. The molecule has 0 saturated heterocycles. The average molecular weight is 333 g/mol. The number of non-ortho nitro benzene ring substituents is 1. The van der Waals surface area contributed by atoms with E-state index in [1.807, 2.05) is 43.3 Å². The van der Waals surface area contributed by atoms with E-state index in [0.29, 0.717) is 5.95 Å². The van der Waals surface area contributed by atoms with E-state index in [2.05, 4.69) is 15.4 Å². The van der Waals surface area contributed by atoms with Crippen molar-refractivity contribution in [1.82, 2.24) is 14.8 Å². The zero-order valence-electron chi connectivity index (χ0n) is 13.5. The largest absolute Gasteiger partial charge is 0.324 e. The van der Waals surface area contributed by atoms with E-state index in [-0.39, 0.29) is 11.7 Å². The molecule has 0 amide bonds. The van der Waals surface area contributed by atoms with Crippen LogP contribution in [-0.4, -0.2) is 19.7 Å². The number of nitrogens with one attached hydrogen (secondary N) is 1. The molecule has 0 saturated carbocycles. The minimum absolute atomic E-state index is 0.0583. The molecular formula is C18H15N5O2. The van der Waals surface area contributed by atoms with Crippen molar-refractivity contribution in [2.75, 3.05) is 5.32 Å². The van der Waals surface area contributed by atoms with Crippen LogP contribution < -0.4 is 5.32 Å². The van der Waals surface area contributed by atoms with Gasteiger partial charge in [-0.25, -0.2) is 4.68 Å². The fourth-order valence-electron chi connectivity index (χ4n) is 2.89. The summed E-state index contributed by atoms with van der Waals surface area (Å²) in [5, 5.41) is 18.6. The van der Waals surface area contributed by atoms with Gasteiger partial charge >= 0.3 is 0 Å². The van der Waals surface area contributed by atoms with Gasteiger partial charge in [-0.3, -0.25) is 10.1 Å². The Labute approximate surface area is 143 Å². The van der Waals surface area contributed by atoms with Crippen molar-refractivity contribution >= 4 is 17.3 Å². The first-order valence-electron chi connectivity index (χ1n) is 7.81. The maximum Gasteiger partial charge on any atom is 0.269 e. The molecule has 0 spiro atoms. The molecule has 4 rings (SSSR count). The number of nitro groups is 1. The van der Waals surface area contributed by atoms with Crippen molar-refractivity contribution in [3.63, 3.8) is 0 Å². The van der Waals surface area contributed by atoms with E-state index in [4.69, 9.17) is 0 Å². The summed E-state index contributed by atoms with van der Waals surface area (Å²) in [6, 6.07) is 14.5. The maximum atomic E-state index is 11.1. The number of aryl methyl sites for hydroxylation is 1. The van der Waals surface area contributed by atoms with E-state index in [1.54, 1.807) is 16.8 Å². The van der Waals surface area contributed by atoms with Gasteiger partial charge in [0, 0.05) is 17.8 Å². The van der Waals surface area contributed by atoms with Gasteiger partial charge in [0.25, 0.3) is 5.69 Å². The second-order valence-electron chi connectivity index (χ2n) is 5.90. The fraction of sp³-hybridized carbons (Fsp3) is 0.111. The Hall–Kier alpha value is -3.48. The SMILES string of the molecule is Cc1ccc(C2=CC(c3cccc([N+](=O)[O-])c3)n3ncnc3N2)cc1. The Bertz CT molecular complexity index is 975. The standard InChI is InChI=1S/C18H15N5O2/c1-12-5-7-13(8-6-12)16-10-17(22-18(21-16)19-11-20-22)14-3-2-4-15(9-14)23(24)25/h2-11,17H,1H3,(H,19,20,21). The second-order valence-corrected chi connectivity index (χ2v) is 5.90. The summed E-state index contributed by atoms with van der Waals surface area (Å²) < 4.78 is 1.72. The molecule has 1 N–H and O–H groups in total. The van der Waals surface area contributed by atoms with Crippen molar-refractivity contribution in [1.29, 1.82) is 0 Å². The fourth-order valence-corrected chi connectivity index (χ4v) is 2.89. The van der Waals surface area contributed by atoms with Crippen LogP contribution in [0.25, 0.3) is 5.70 Å². The first kappa shape index (κ1) is 15.1. The maximum absolute atomic E-state index is 11.1. The van der Waals surface area contributed by atoms with Crippen LogP contribution in [0.4, 0.5) is 11.6 Å². The van der Waals surface area contributed by atoms with E-state index in [9.17, 15) is 10.1 Å². The number of nitrogens with zero attached hydrogens (tertiary/aromatic N) is 4. The molecule has 1 atom stereocenters. The highest BCUT2D eigenvalue weighted by Gasteiger charge is 2.24. The van der Waals surface area contributed by atoms with Gasteiger partial charge in [-0.15, -0.1) is 0 Å². The molecule has 0 radical (unpaired) electrons. The Morgan fingerprint density at radius 3 is 2.76 bits per heavy atom. The Kier molecular flexibility index (Phi) is 3.53. The van der Waals surface area contributed by atoms with Crippen molar-refractivity contribution < 1.29 is 4.92 Å². The van der Waals surface area contributed by atoms with Crippen LogP contribution in [0.1, 0.15) is 22.7 Å². The zero-order chi connectivity index (χ0) is 17.4. The zero-order valence-corrected chi connectivity index (χ0v) is 13.5. The van der Waals surface area contributed by atoms with Gasteiger partial charge in [0.1, 0.15) is 12.4 Å². The summed E-state index contributed by atoms with van der Waals surface area (Å²) >= 11 is 0. The lowest BCUT2D eigenvalue weighted by molar-refractivity contribution is -0.384. The van der Waals surface area contributed by atoms with Crippen LogP contribution in [0.15, 0.2) is 60.9 Å². The molecule has 7 nitrogen and oxygen atoms in total. The topological polar surface area (TPSA) is 85.9 Å². The highest BCUT2D eigenvalue weighted by molar-refractivity contribution is 5.77. The second kappa shape index (κ2) is 5.86. The lowest BCUT2D eigenvalue weighted by Gasteiger charge is -2.24. The summed E-state index contributed by atoms with van der Waals surface area (Å²) in [6.07, 6.45) is 3.48. The Morgan fingerprint density at radius 1 is 1.20 bits per heavy atom. The number of allylic oxidation sites excluding steroid dienone is 1. The quantitative estimate of drug-likeness (QED) is 0.585. The van der Waals surface area contributed by atoms with Gasteiger partial charge in [0.2, 0.25) is 5.95 Å². The molecule has 1 unspecified atom stereocenters. The summed E-state index contributed by atoms with van der Waals surface area (Å²) in [4.78, 5) is 15.0. The number of aromatic nitrogens is 3. The van der Waals surface area contributed by atoms with Crippen molar-refractivity contribution in [2.45, 2.75) is 13.0 Å². The molecule has 25 heavy (non-hydrogen) atoms. The van der Waals surface area contributed by atoms with Gasteiger partial charge in [-0.2, -0.15) is 10.1 Å². The lowest BCUT2D eigenvalue weighted by atomic mass is 10.0. The number of hydrogen-bond acceptors (Lipinski definition) is 5. The Balaban J connectivity index is 1.81. The molecule has 0 aliphatic carbocycles. The van der Waals surface area contributed by atoms with Gasteiger partial charge in [0.15, 0.2) is 0 Å². The van der Waals surface area contributed by atoms with Crippen LogP contribution in [0, 0.1) is 17.0 Å². The third-order valence-corrected chi connectivity index (χ3v) is 4.19. The molecule has 7 heteroatoms. The first-order valence-corrected chi connectivity index (χ1v) is 7.81. The highest BCUT2D eigenvalue weighted by atomic mass is 16.6. The van der Waals surface area contributed by atoms with Gasteiger partial charge in [-0.1, -0.05) is 42.0 Å². The van der Waals surface area contributed by atoms with Crippen LogP contribution in [0.3, 0.4) is 0 Å². The predicted octanol–water partition coefficient (Wildman–Crippen LogP) is 3.55. The molecule has 1 aliphatic heterocycles. The third kappa shape index (κ3) is 2.76. The minimum Gasteiger partial charge on any atom is -0.324 e. The molecule has 1 aromatic heterocycles. The number of anilines is 1. The lowest BCUT2D eigenvalue weighted by Crippen LogP contribution is -2.20. The number of benzene rings is 2. The predicted molar refractivity (Wildman–Crippen MR) is 94.0 cm³/mol. The molecular weight excluding hydrogens is 318 g/mol. The molecule has 0 bridgehead atoms. The molecule has 3 aromatic rings. The molecule has 0 fully saturated rings. The van der Waals surface area contributed by atoms with Crippen LogP contribution in [0.2, 0.25) is 0 Å². The summed E-state index contributed by atoms with van der Waals surface area (Å²) in [5.41, 5.74) is 3.95. The highest BCUT2D eigenvalue weighted by Crippen LogP contribution is 2.33. The Morgan fingerprint density at radius 2 is 2.00 bits per heavy atom. The number of fused-ring (bicyclic) bond motifs is 1. The van der Waals surface area contributed by atoms with Crippen molar-refractivity contribution in [3.8, 4) is 0 Å². The van der Waals surface area contributed by atoms with E-state index in [0.717, 1.165) is 16.8 Å². The molecule has 2 aromatic carbocycles.